The van der Waals surface area contributed by atoms with Crippen molar-refractivity contribution in [2.75, 3.05) is 5.32 Å². The van der Waals surface area contributed by atoms with E-state index in [2.05, 4.69) is 5.32 Å². The molecule has 0 unspecified atom stereocenters. The predicted octanol–water partition coefficient (Wildman–Crippen LogP) is 4.93. The van der Waals surface area contributed by atoms with Crippen molar-refractivity contribution in [2.24, 2.45) is 0 Å². The first-order valence-corrected chi connectivity index (χ1v) is 11.2. The molecule has 0 aliphatic carbocycles. The van der Waals surface area contributed by atoms with Crippen molar-refractivity contribution in [1.82, 2.24) is 0 Å². The minimum atomic E-state index is -3.96. The zero-order chi connectivity index (χ0) is 23.3. The first-order valence-electron chi connectivity index (χ1n) is 9.79. The van der Waals surface area contributed by atoms with E-state index >= 15 is 0 Å². The Bertz CT molecular complexity index is 1320. The first kappa shape index (κ1) is 22.8. The molecular formula is C25H22N2O4S. The first-order chi connectivity index (χ1) is 15.2. The van der Waals surface area contributed by atoms with Gasteiger partial charge in [-0.15, -0.1) is 0 Å². The molecule has 1 N–H and O–H groups in total. The summed E-state index contributed by atoms with van der Waals surface area (Å²) in [5.41, 5.74) is 4.15. The van der Waals surface area contributed by atoms with Gasteiger partial charge in [-0.2, -0.15) is 13.7 Å². The molecule has 0 aliphatic heterocycles. The van der Waals surface area contributed by atoms with Crippen LogP contribution in [-0.4, -0.2) is 14.3 Å². The van der Waals surface area contributed by atoms with Crippen LogP contribution >= 0.6 is 0 Å². The number of benzene rings is 3. The summed E-state index contributed by atoms with van der Waals surface area (Å²) in [5.74, 6) is -0.404. The molecule has 6 nitrogen and oxygen atoms in total. The zero-order valence-electron chi connectivity index (χ0n) is 17.9. The summed E-state index contributed by atoms with van der Waals surface area (Å²) in [5, 5.41) is 12.1. The van der Waals surface area contributed by atoms with Crippen LogP contribution in [0.3, 0.4) is 0 Å². The van der Waals surface area contributed by atoms with Crippen molar-refractivity contribution in [2.45, 2.75) is 25.7 Å². The van der Waals surface area contributed by atoms with Gasteiger partial charge in [-0.25, -0.2) is 0 Å². The molecule has 0 atom stereocenters. The third kappa shape index (κ3) is 5.62. The second kappa shape index (κ2) is 9.50. The van der Waals surface area contributed by atoms with Gasteiger partial charge in [-0.1, -0.05) is 35.9 Å². The van der Waals surface area contributed by atoms with E-state index in [1.807, 2.05) is 39.0 Å². The number of hydrogen-bond donors (Lipinski definition) is 1. The molecule has 0 spiro atoms. The van der Waals surface area contributed by atoms with Crippen LogP contribution < -0.4 is 9.50 Å². The van der Waals surface area contributed by atoms with Crippen LogP contribution in [0, 0.1) is 32.1 Å². The van der Waals surface area contributed by atoms with Crippen molar-refractivity contribution < 1.29 is 17.4 Å². The number of carbonyl (C=O) groups excluding carboxylic acids is 1. The quantitative estimate of drug-likeness (QED) is 0.329. The van der Waals surface area contributed by atoms with Crippen molar-refractivity contribution in [3.8, 4) is 11.8 Å². The highest BCUT2D eigenvalue weighted by atomic mass is 32.2. The van der Waals surface area contributed by atoms with Gasteiger partial charge in [-0.05, 0) is 79.9 Å². The maximum atomic E-state index is 12.5. The number of nitriles is 1. The standard InChI is InChI=1S/C25H22N2O4S/c1-17-4-12-24(13-5-17)32(29,30)31-23-10-7-20(8-11-23)15-21(16-26)25(28)27-22-9-6-18(2)19(3)14-22/h4-15H,1-3H3,(H,27,28)/b21-15+. The molecule has 0 saturated heterocycles. The lowest BCUT2D eigenvalue weighted by Gasteiger charge is -2.08. The number of aryl methyl sites for hydroxylation is 3. The van der Waals surface area contributed by atoms with E-state index in [4.69, 9.17) is 4.18 Å². The monoisotopic (exact) mass is 446 g/mol. The van der Waals surface area contributed by atoms with E-state index in [9.17, 15) is 18.5 Å². The number of nitrogens with zero attached hydrogens (tertiary/aromatic N) is 1. The van der Waals surface area contributed by atoms with Gasteiger partial charge in [0.1, 0.15) is 22.3 Å². The maximum absolute atomic E-state index is 12.5. The molecule has 0 radical (unpaired) electrons. The Morgan fingerprint density at radius 1 is 0.938 bits per heavy atom. The fourth-order valence-electron chi connectivity index (χ4n) is 2.83. The number of amides is 1. The Morgan fingerprint density at radius 3 is 2.19 bits per heavy atom. The second-order valence-corrected chi connectivity index (χ2v) is 8.89. The summed E-state index contributed by atoms with van der Waals surface area (Å²) in [4.78, 5) is 12.5. The average molecular weight is 447 g/mol. The van der Waals surface area contributed by atoms with Crippen LogP contribution in [0.1, 0.15) is 22.3 Å². The van der Waals surface area contributed by atoms with Crippen LogP contribution in [0.4, 0.5) is 5.69 Å². The van der Waals surface area contributed by atoms with E-state index in [1.54, 1.807) is 30.3 Å². The zero-order valence-corrected chi connectivity index (χ0v) is 18.7. The molecule has 1 amide bonds. The minimum absolute atomic E-state index is 0.0573. The van der Waals surface area contributed by atoms with E-state index in [0.29, 0.717) is 11.3 Å². The molecule has 3 aromatic rings. The van der Waals surface area contributed by atoms with Gasteiger partial charge in [0.2, 0.25) is 0 Å². The van der Waals surface area contributed by atoms with Crippen molar-refractivity contribution >= 4 is 27.8 Å². The summed E-state index contributed by atoms with van der Waals surface area (Å²) < 4.78 is 30.0. The molecule has 162 valence electrons. The highest BCUT2D eigenvalue weighted by Gasteiger charge is 2.16. The van der Waals surface area contributed by atoms with Gasteiger partial charge < -0.3 is 9.50 Å². The summed E-state index contributed by atoms with van der Waals surface area (Å²) in [7, 11) is -3.96. The Morgan fingerprint density at radius 2 is 1.59 bits per heavy atom. The van der Waals surface area contributed by atoms with Gasteiger partial charge in [0.25, 0.3) is 5.91 Å². The lowest BCUT2D eigenvalue weighted by Crippen LogP contribution is -2.13. The average Bonchev–Trinajstić information content (AvgIpc) is 2.75. The van der Waals surface area contributed by atoms with Gasteiger partial charge >= 0.3 is 10.1 Å². The highest BCUT2D eigenvalue weighted by Crippen LogP contribution is 2.21. The minimum Gasteiger partial charge on any atom is -0.379 e. The summed E-state index contributed by atoms with van der Waals surface area (Å²) in [6, 6.07) is 19.8. The molecule has 0 bridgehead atoms. The lowest BCUT2D eigenvalue weighted by atomic mass is 10.1. The Labute approximate surface area is 187 Å². The van der Waals surface area contributed by atoms with E-state index < -0.39 is 16.0 Å². The van der Waals surface area contributed by atoms with Gasteiger partial charge in [0.05, 0.1) is 0 Å². The number of rotatable bonds is 6. The Hall–Kier alpha value is -3.89. The van der Waals surface area contributed by atoms with Crippen LogP contribution in [0.15, 0.2) is 77.2 Å². The molecule has 32 heavy (non-hydrogen) atoms. The summed E-state index contributed by atoms with van der Waals surface area (Å²) in [6.45, 7) is 5.77. The van der Waals surface area contributed by atoms with Crippen molar-refractivity contribution in [3.05, 3.63) is 94.6 Å². The molecule has 3 rings (SSSR count). The molecule has 0 heterocycles. The van der Waals surface area contributed by atoms with Crippen LogP contribution in [0.2, 0.25) is 0 Å². The van der Waals surface area contributed by atoms with Crippen molar-refractivity contribution in [3.63, 3.8) is 0 Å². The van der Waals surface area contributed by atoms with Gasteiger partial charge in [-0.3, -0.25) is 4.79 Å². The number of hydrogen-bond acceptors (Lipinski definition) is 5. The van der Waals surface area contributed by atoms with Crippen LogP contribution in [0.5, 0.6) is 5.75 Å². The normalized spacial score (nSPS) is 11.5. The molecule has 7 heteroatoms. The SMILES string of the molecule is Cc1ccc(S(=O)(=O)Oc2ccc(/C=C(\C#N)C(=O)Nc3ccc(C)c(C)c3)cc2)cc1. The number of anilines is 1. The summed E-state index contributed by atoms with van der Waals surface area (Å²) >= 11 is 0. The second-order valence-electron chi connectivity index (χ2n) is 7.34. The largest absolute Gasteiger partial charge is 0.379 e. The Balaban J connectivity index is 1.73. The highest BCUT2D eigenvalue weighted by molar-refractivity contribution is 7.87. The molecule has 0 aromatic heterocycles. The van der Waals surface area contributed by atoms with E-state index in [1.165, 1.54) is 30.3 Å². The maximum Gasteiger partial charge on any atom is 0.339 e. The molecule has 0 fully saturated rings. The van der Waals surface area contributed by atoms with Crippen LogP contribution in [-0.2, 0) is 14.9 Å². The molecule has 0 saturated carbocycles. The van der Waals surface area contributed by atoms with Gasteiger partial charge in [0, 0.05) is 5.69 Å². The summed E-state index contributed by atoms with van der Waals surface area (Å²) in [6.07, 6.45) is 1.43. The molecular weight excluding hydrogens is 424 g/mol. The smallest absolute Gasteiger partial charge is 0.339 e. The van der Waals surface area contributed by atoms with Crippen LogP contribution in [0.25, 0.3) is 6.08 Å². The topological polar surface area (TPSA) is 96.3 Å². The third-order valence-electron chi connectivity index (χ3n) is 4.84. The fraction of sp³-hybridized carbons (Fsp3) is 0.120. The van der Waals surface area contributed by atoms with E-state index in [0.717, 1.165) is 16.7 Å². The third-order valence-corrected chi connectivity index (χ3v) is 6.10. The fourth-order valence-corrected chi connectivity index (χ4v) is 3.76. The van der Waals surface area contributed by atoms with E-state index in [-0.39, 0.29) is 16.2 Å². The lowest BCUT2D eigenvalue weighted by molar-refractivity contribution is -0.112. The van der Waals surface area contributed by atoms with Gasteiger partial charge in [0.15, 0.2) is 0 Å². The van der Waals surface area contributed by atoms with Crippen molar-refractivity contribution in [1.29, 1.82) is 5.26 Å². The number of carbonyl (C=O) groups is 1. The number of nitrogens with one attached hydrogen (secondary N) is 1. The molecule has 0 aliphatic rings. The Kier molecular flexibility index (Phi) is 6.76. The molecule has 3 aromatic carbocycles. The predicted molar refractivity (Wildman–Crippen MR) is 124 cm³/mol.